The molecule has 0 unspecified atom stereocenters. The van der Waals surface area contributed by atoms with Gasteiger partial charge in [0.2, 0.25) is 0 Å². The van der Waals surface area contributed by atoms with E-state index in [9.17, 15) is 9.90 Å². The first-order valence-electron chi connectivity index (χ1n) is 7.96. The molecule has 2 amide bonds. The van der Waals surface area contributed by atoms with E-state index in [2.05, 4.69) is 24.5 Å². The normalized spacial score (nSPS) is 16.7. The molecule has 116 valence electrons. The fraction of sp³-hybridized carbons (Fsp3) is 0.588. The highest BCUT2D eigenvalue weighted by atomic mass is 16.3. The van der Waals surface area contributed by atoms with E-state index in [1.165, 1.54) is 0 Å². The summed E-state index contributed by atoms with van der Waals surface area (Å²) in [6, 6.07) is 5.88. The van der Waals surface area contributed by atoms with Gasteiger partial charge in [-0.3, -0.25) is 0 Å². The van der Waals surface area contributed by atoms with Gasteiger partial charge in [-0.2, -0.15) is 0 Å². The molecule has 1 aliphatic rings. The van der Waals surface area contributed by atoms with Crippen LogP contribution in [0, 0.1) is 0 Å². The van der Waals surface area contributed by atoms with E-state index < -0.39 is 5.60 Å². The van der Waals surface area contributed by atoms with Crippen molar-refractivity contribution in [1.82, 2.24) is 5.32 Å². The maximum absolute atomic E-state index is 12.1. The molecule has 21 heavy (non-hydrogen) atoms. The summed E-state index contributed by atoms with van der Waals surface area (Å²) in [4.78, 5) is 12.1. The summed E-state index contributed by atoms with van der Waals surface area (Å²) in [5.41, 5.74) is 2.49. The van der Waals surface area contributed by atoms with Crippen molar-refractivity contribution in [2.24, 2.45) is 0 Å². The minimum Gasteiger partial charge on any atom is -0.388 e. The van der Waals surface area contributed by atoms with Crippen molar-refractivity contribution in [2.45, 2.75) is 58.0 Å². The molecule has 0 atom stereocenters. The number of anilines is 1. The highest BCUT2D eigenvalue weighted by molar-refractivity contribution is 5.91. The Kier molecular flexibility index (Phi) is 5.23. The number of rotatable bonds is 5. The summed E-state index contributed by atoms with van der Waals surface area (Å²) in [6.45, 7) is 4.49. The van der Waals surface area contributed by atoms with Gasteiger partial charge in [-0.05, 0) is 36.8 Å². The highest BCUT2D eigenvalue weighted by Crippen LogP contribution is 2.28. The third-order valence-corrected chi connectivity index (χ3v) is 4.35. The predicted octanol–water partition coefficient (Wildman–Crippen LogP) is 3.24. The van der Waals surface area contributed by atoms with Crippen molar-refractivity contribution in [3.8, 4) is 0 Å². The molecule has 0 bridgehead atoms. The molecule has 0 aromatic heterocycles. The molecule has 1 fully saturated rings. The molecule has 1 saturated carbocycles. The number of hydrogen-bond donors (Lipinski definition) is 3. The SMILES string of the molecule is CCc1cccc(CC)c1NC(=O)NCC1(O)CCCC1. The van der Waals surface area contributed by atoms with E-state index >= 15 is 0 Å². The lowest BCUT2D eigenvalue weighted by molar-refractivity contribution is 0.0506. The van der Waals surface area contributed by atoms with Gasteiger partial charge in [0, 0.05) is 12.2 Å². The Balaban J connectivity index is 1.99. The zero-order valence-electron chi connectivity index (χ0n) is 13.0. The molecular formula is C17H26N2O2. The Morgan fingerprint density at radius 1 is 1.19 bits per heavy atom. The molecule has 0 radical (unpaired) electrons. The Hall–Kier alpha value is -1.55. The number of hydrogen-bond acceptors (Lipinski definition) is 2. The molecule has 1 aromatic rings. The van der Waals surface area contributed by atoms with Gasteiger partial charge in [0.15, 0.2) is 0 Å². The summed E-state index contributed by atoms with van der Waals surface area (Å²) >= 11 is 0. The van der Waals surface area contributed by atoms with E-state index in [1.807, 2.05) is 18.2 Å². The third kappa shape index (κ3) is 3.97. The summed E-state index contributed by atoms with van der Waals surface area (Å²) in [5, 5.41) is 16.0. The maximum Gasteiger partial charge on any atom is 0.319 e. The van der Waals surface area contributed by atoms with Crippen LogP contribution in [0.3, 0.4) is 0 Å². The fourth-order valence-corrected chi connectivity index (χ4v) is 3.02. The van der Waals surface area contributed by atoms with Crippen molar-refractivity contribution < 1.29 is 9.90 Å². The second kappa shape index (κ2) is 6.94. The van der Waals surface area contributed by atoms with Gasteiger partial charge in [-0.1, -0.05) is 44.9 Å². The molecule has 0 heterocycles. The van der Waals surface area contributed by atoms with Crippen LogP contribution in [-0.2, 0) is 12.8 Å². The smallest absolute Gasteiger partial charge is 0.319 e. The number of carbonyl (C=O) groups is 1. The zero-order chi connectivity index (χ0) is 15.3. The molecule has 1 aromatic carbocycles. The number of nitrogens with one attached hydrogen (secondary N) is 2. The number of urea groups is 1. The molecule has 0 aliphatic heterocycles. The highest BCUT2D eigenvalue weighted by Gasteiger charge is 2.31. The Morgan fingerprint density at radius 3 is 2.29 bits per heavy atom. The minimum absolute atomic E-state index is 0.231. The number of para-hydroxylation sites is 1. The lowest BCUT2D eigenvalue weighted by Gasteiger charge is -2.23. The molecule has 2 rings (SSSR count). The number of benzene rings is 1. The summed E-state index contributed by atoms with van der Waals surface area (Å²) in [6.07, 6.45) is 5.40. The average molecular weight is 290 g/mol. The Bertz CT molecular complexity index is 471. The second-order valence-electron chi connectivity index (χ2n) is 5.90. The van der Waals surface area contributed by atoms with Crippen LogP contribution in [0.5, 0.6) is 0 Å². The standard InChI is InChI=1S/C17H26N2O2/c1-3-13-8-7-9-14(4-2)15(13)19-16(20)18-12-17(21)10-5-6-11-17/h7-9,21H,3-6,10-12H2,1-2H3,(H2,18,19,20). The summed E-state index contributed by atoms with van der Waals surface area (Å²) in [7, 11) is 0. The maximum atomic E-state index is 12.1. The van der Waals surface area contributed by atoms with Gasteiger partial charge in [0.25, 0.3) is 0 Å². The summed E-state index contributed by atoms with van der Waals surface area (Å²) in [5.74, 6) is 0. The van der Waals surface area contributed by atoms with E-state index in [0.29, 0.717) is 6.54 Å². The van der Waals surface area contributed by atoms with Crippen LogP contribution < -0.4 is 10.6 Å². The van der Waals surface area contributed by atoms with Crippen molar-refractivity contribution in [1.29, 1.82) is 0 Å². The molecule has 4 nitrogen and oxygen atoms in total. The van der Waals surface area contributed by atoms with Crippen molar-refractivity contribution >= 4 is 11.7 Å². The van der Waals surface area contributed by atoms with Crippen LogP contribution >= 0.6 is 0 Å². The number of aryl methyl sites for hydroxylation is 2. The molecule has 0 spiro atoms. The molecular weight excluding hydrogens is 264 g/mol. The first-order valence-corrected chi connectivity index (χ1v) is 7.96. The van der Waals surface area contributed by atoms with E-state index in [4.69, 9.17) is 0 Å². The zero-order valence-corrected chi connectivity index (χ0v) is 13.0. The predicted molar refractivity (Wildman–Crippen MR) is 85.6 cm³/mol. The van der Waals surface area contributed by atoms with Crippen molar-refractivity contribution in [3.05, 3.63) is 29.3 Å². The number of aliphatic hydroxyl groups is 1. The van der Waals surface area contributed by atoms with Crippen LogP contribution in [0.25, 0.3) is 0 Å². The van der Waals surface area contributed by atoms with Gasteiger partial charge < -0.3 is 15.7 Å². The van der Waals surface area contributed by atoms with E-state index in [-0.39, 0.29) is 6.03 Å². The number of carbonyl (C=O) groups excluding carboxylic acids is 1. The lowest BCUT2D eigenvalue weighted by Crippen LogP contribution is -2.42. The van der Waals surface area contributed by atoms with Crippen LogP contribution in [0.2, 0.25) is 0 Å². The Labute approximate surface area is 126 Å². The van der Waals surface area contributed by atoms with Gasteiger partial charge in [0.05, 0.1) is 5.60 Å². The van der Waals surface area contributed by atoms with Crippen molar-refractivity contribution in [3.63, 3.8) is 0 Å². The third-order valence-electron chi connectivity index (χ3n) is 4.35. The lowest BCUT2D eigenvalue weighted by atomic mass is 10.0. The second-order valence-corrected chi connectivity index (χ2v) is 5.90. The fourth-order valence-electron chi connectivity index (χ4n) is 3.02. The van der Waals surface area contributed by atoms with E-state index in [0.717, 1.165) is 55.3 Å². The first-order chi connectivity index (χ1) is 10.1. The van der Waals surface area contributed by atoms with Gasteiger partial charge in [-0.15, -0.1) is 0 Å². The summed E-state index contributed by atoms with van der Waals surface area (Å²) < 4.78 is 0. The van der Waals surface area contributed by atoms with Crippen LogP contribution in [0.4, 0.5) is 10.5 Å². The van der Waals surface area contributed by atoms with Crippen molar-refractivity contribution in [2.75, 3.05) is 11.9 Å². The largest absolute Gasteiger partial charge is 0.388 e. The number of amides is 2. The first kappa shape index (κ1) is 15.8. The van der Waals surface area contributed by atoms with Crippen LogP contribution in [0.15, 0.2) is 18.2 Å². The van der Waals surface area contributed by atoms with Crippen LogP contribution in [0.1, 0.15) is 50.7 Å². The van der Waals surface area contributed by atoms with Gasteiger partial charge in [0.1, 0.15) is 0 Å². The Morgan fingerprint density at radius 2 is 1.76 bits per heavy atom. The topological polar surface area (TPSA) is 61.4 Å². The van der Waals surface area contributed by atoms with Gasteiger partial charge >= 0.3 is 6.03 Å². The molecule has 4 heteroatoms. The monoisotopic (exact) mass is 290 g/mol. The minimum atomic E-state index is -0.713. The molecule has 3 N–H and O–H groups in total. The van der Waals surface area contributed by atoms with Crippen LogP contribution in [-0.4, -0.2) is 23.3 Å². The average Bonchev–Trinajstić information content (AvgIpc) is 2.93. The molecule has 0 saturated heterocycles. The molecule has 1 aliphatic carbocycles. The quantitative estimate of drug-likeness (QED) is 0.779. The van der Waals surface area contributed by atoms with E-state index in [1.54, 1.807) is 0 Å². The van der Waals surface area contributed by atoms with Gasteiger partial charge in [-0.25, -0.2) is 4.79 Å².